The standard InChI is InChI=1S/C22H17ClN2O6S/c23-17-10-18-19(30-13-21(26)25-18)11-20(17)32(28,29)31-16-8-4-7-15(9-16)22(27)24-12-14-5-2-1-3-6-14/h1-11H,12-13H2,(H,24,27)(H,25,26). The minimum Gasteiger partial charge on any atom is -0.482 e. The third-order valence-electron chi connectivity index (χ3n) is 4.53. The molecule has 0 aliphatic carbocycles. The lowest BCUT2D eigenvalue weighted by atomic mass is 10.2. The van der Waals surface area contributed by atoms with Crippen LogP contribution in [0.1, 0.15) is 15.9 Å². The van der Waals surface area contributed by atoms with Crippen LogP contribution in [0.25, 0.3) is 0 Å². The van der Waals surface area contributed by atoms with E-state index in [1.807, 2.05) is 30.3 Å². The summed E-state index contributed by atoms with van der Waals surface area (Å²) in [4.78, 5) is 23.6. The Bertz CT molecular complexity index is 1300. The van der Waals surface area contributed by atoms with Gasteiger partial charge in [-0.1, -0.05) is 48.0 Å². The van der Waals surface area contributed by atoms with Crippen LogP contribution in [0.4, 0.5) is 5.69 Å². The molecule has 3 aromatic carbocycles. The molecular weight excluding hydrogens is 456 g/mol. The Morgan fingerprint density at radius 3 is 2.66 bits per heavy atom. The summed E-state index contributed by atoms with van der Waals surface area (Å²) in [5.41, 5.74) is 1.43. The van der Waals surface area contributed by atoms with Crippen LogP contribution in [0.2, 0.25) is 5.02 Å². The Morgan fingerprint density at radius 1 is 1.09 bits per heavy atom. The fourth-order valence-electron chi connectivity index (χ4n) is 3.01. The van der Waals surface area contributed by atoms with E-state index in [1.54, 1.807) is 6.07 Å². The maximum atomic E-state index is 12.8. The zero-order valence-electron chi connectivity index (χ0n) is 16.5. The highest BCUT2D eigenvalue weighted by Crippen LogP contribution is 2.36. The average molecular weight is 473 g/mol. The molecule has 0 saturated carbocycles. The lowest BCUT2D eigenvalue weighted by Crippen LogP contribution is -2.25. The Hall–Kier alpha value is -3.56. The summed E-state index contributed by atoms with van der Waals surface area (Å²) in [6.45, 7) is 0.0828. The molecule has 164 valence electrons. The van der Waals surface area contributed by atoms with Gasteiger partial charge in [-0.3, -0.25) is 9.59 Å². The first-order valence-corrected chi connectivity index (χ1v) is 11.2. The quantitative estimate of drug-likeness (QED) is 0.532. The van der Waals surface area contributed by atoms with Gasteiger partial charge in [0.15, 0.2) is 6.61 Å². The second-order valence-electron chi connectivity index (χ2n) is 6.85. The van der Waals surface area contributed by atoms with Crippen molar-refractivity contribution >= 4 is 39.2 Å². The van der Waals surface area contributed by atoms with Crippen molar-refractivity contribution in [1.82, 2.24) is 5.32 Å². The first kappa shape index (κ1) is 21.7. The highest BCUT2D eigenvalue weighted by atomic mass is 35.5. The summed E-state index contributed by atoms with van der Waals surface area (Å²) in [6.07, 6.45) is 0. The molecule has 2 amide bonds. The van der Waals surface area contributed by atoms with E-state index in [9.17, 15) is 18.0 Å². The van der Waals surface area contributed by atoms with Crippen LogP contribution in [-0.2, 0) is 21.5 Å². The topological polar surface area (TPSA) is 111 Å². The number of fused-ring (bicyclic) bond motifs is 1. The van der Waals surface area contributed by atoms with Gasteiger partial charge < -0.3 is 19.6 Å². The maximum Gasteiger partial charge on any atom is 0.340 e. The van der Waals surface area contributed by atoms with Crippen molar-refractivity contribution in [2.45, 2.75) is 11.4 Å². The molecule has 8 nitrogen and oxygen atoms in total. The molecule has 4 rings (SSSR count). The monoisotopic (exact) mass is 472 g/mol. The number of amides is 2. The highest BCUT2D eigenvalue weighted by Gasteiger charge is 2.26. The van der Waals surface area contributed by atoms with Crippen molar-refractivity contribution in [2.24, 2.45) is 0 Å². The Balaban J connectivity index is 1.51. The van der Waals surface area contributed by atoms with Crippen LogP contribution in [-0.4, -0.2) is 26.8 Å². The third kappa shape index (κ3) is 4.84. The fourth-order valence-corrected chi connectivity index (χ4v) is 4.46. The van der Waals surface area contributed by atoms with Gasteiger partial charge in [0.2, 0.25) is 0 Å². The second-order valence-corrected chi connectivity index (χ2v) is 8.77. The third-order valence-corrected chi connectivity index (χ3v) is 6.25. The Morgan fingerprint density at radius 2 is 1.88 bits per heavy atom. The molecule has 1 aliphatic heterocycles. The number of anilines is 1. The van der Waals surface area contributed by atoms with Crippen LogP contribution in [0.3, 0.4) is 0 Å². The second kappa shape index (κ2) is 8.89. The molecule has 0 saturated heterocycles. The minimum absolute atomic E-state index is 0.0552. The normalized spacial score (nSPS) is 12.8. The summed E-state index contributed by atoms with van der Waals surface area (Å²) >= 11 is 6.11. The van der Waals surface area contributed by atoms with Crippen molar-refractivity contribution < 1.29 is 26.9 Å². The van der Waals surface area contributed by atoms with Gasteiger partial charge in [0, 0.05) is 18.2 Å². The Labute approximate surface area is 189 Å². The molecule has 3 aromatic rings. The molecule has 2 N–H and O–H groups in total. The van der Waals surface area contributed by atoms with Gasteiger partial charge in [-0.15, -0.1) is 0 Å². The first-order chi connectivity index (χ1) is 15.3. The minimum atomic E-state index is -4.35. The van der Waals surface area contributed by atoms with Crippen molar-refractivity contribution in [2.75, 3.05) is 11.9 Å². The SMILES string of the molecule is O=C1COc2cc(S(=O)(=O)Oc3cccc(C(=O)NCc4ccccc4)c3)c(Cl)cc2N1. The number of hydrogen-bond acceptors (Lipinski definition) is 6. The van der Waals surface area contributed by atoms with E-state index in [0.29, 0.717) is 6.54 Å². The summed E-state index contributed by atoms with van der Waals surface area (Å²) in [6, 6.07) is 17.6. The van der Waals surface area contributed by atoms with Crippen LogP contribution in [0.15, 0.2) is 71.6 Å². The van der Waals surface area contributed by atoms with Crippen molar-refractivity contribution in [1.29, 1.82) is 0 Å². The molecule has 0 fully saturated rings. The number of rotatable bonds is 6. The summed E-state index contributed by atoms with van der Waals surface area (Å²) in [5, 5.41) is 5.17. The molecule has 32 heavy (non-hydrogen) atoms. The van der Waals surface area contributed by atoms with E-state index in [2.05, 4.69) is 10.6 Å². The van der Waals surface area contributed by atoms with Gasteiger partial charge in [0.1, 0.15) is 16.4 Å². The number of nitrogens with one attached hydrogen (secondary N) is 2. The van der Waals surface area contributed by atoms with Gasteiger partial charge >= 0.3 is 10.1 Å². The van der Waals surface area contributed by atoms with Crippen LogP contribution >= 0.6 is 11.6 Å². The summed E-state index contributed by atoms with van der Waals surface area (Å²) < 4.78 is 36.1. The predicted molar refractivity (Wildman–Crippen MR) is 117 cm³/mol. The molecule has 10 heteroatoms. The number of ether oxygens (including phenoxy) is 1. The molecular formula is C22H17ClN2O6S. The average Bonchev–Trinajstić information content (AvgIpc) is 2.77. The lowest BCUT2D eigenvalue weighted by Gasteiger charge is -2.19. The lowest BCUT2D eigenvalue weighted by molar-refractivity contribution is -0.118. The molecule has 0 spiro atoms. The van der Waals surface area contributed by atoms with Crippen LogP contribution in [0, 0.1) is 0 Å². The van der Waals surface area contributed by atoms with Gasteiger partial charge in [0.05, 0.1) is 10.7 Å². The zero-order chi connectivity index (χ0) is 22.7. The predicted octanol–water partition coefficient (Wildman–Crippen LogP) is 3.37. The van der Waals surface area contributed by atoms with Gasteiger partial charge in [0.25, 0.3) is 11.8 Å². The van der Waals surface area contributed by atoms with Crippen molar-refractivity contribution in [3.05, 3.63) is 82.9 Å². The molecule has 1 aliphatic rings. The largest absolute Gasteiger partial charge is 0.482 e. The number of carbonyl (C=O) groups excluding carboxylic acids is 2. The van der Waals surface area contributed by atoms with E-state index in [0.717, 1.165) is 5.56 Å². The van der Waals surface area contributed by atoms with Crippen molar-refractivity contribution in [3.8, 4) is 11.5 Å². The van der Waals surface area contributed by atoms with E-state index in [-0.39, 0.29) is 51.1 Å². The van der Waals surface area contributed by atoms with Gasteiger partial charge in [-0.25, -0.2) is 0 Å². The van der Waals surface area contributed by atoms with Gasteiger partial charge in [-0.05, 0) is 29.8 Å². The smallest absolute Gasteiger partial charge is 0.340 e. The van der Waals surface area contributed by atoms with Crippen molar-refractivity contribution in [3.63, 3.8) is 0 Å². The van der Waals surface area contributed by atoms with Crippen LogP contribution < -0.4 is 19.6 Å². The van der Waals surface area contributed by atoms with E-state index in [4.69, 9.17) is 20.5 Å². The van der Waals surface area contributed by atoms with E-state index < -0.39 is 10.1 Å². The maximum absolute atomic E-state index is 12.8. The fraction of sp³-hybridized carbons (Fsp3) is 0.0909. The van der Waals surface area contributed by atoms with E-state index in [1.165, 1.54) is 30.3 Å². The number of benzene rings is 3. The molecule has 0 unspecified atom stereocenters. The number of carbonyl (C=O) groups is 2. The van der Waals surface area contributed by atoms with Crippen LogP contribution in [0.5, 0.6) is 11.5 Å². The zero-order valence-corrected chi connectivity index (χ0v) is 18.1. The summed E-state index contributed by atoms with van der Waals surface area (Å²) in [5.74, 6) is -0.652. The molecule has 0 aromatic heterocycles. The number of halogens is 1. The van der Waals surface area contributed by atoms with E-state index >= 15 is 0 Å². The Kier molecular flexibility index (Phi) is 6.02. The number of hydrogen-bond donors (Lipinski definition) is 2. The first-order valence-electron chi connectivity index (χ1n) is 9.45. The summed E-state index contributed by atoms with van der Waals surface area (Å²) in [7, 11) is -4.35. The molecule has 0 atom stereocenters. The highest BCUT2D eigenvalue weighted by molar-refractivity contribution is 7.87. The molecule has 0 radical (unpaired) electrons. The molecule has 1 heterocycles. The van der Waals surface area contributed by atoms with Gasteiger partial charge in [-0.2, -0.15) is 8.42 Å². The molecule has 0 bridgehead atoms.